The third-order valence-electron chi connectivity index (χ3n) is 5.19. The summed E-state index contributed by atoms with van der Waals surface area (Å²) in [5, 5.41) is 11.9. The Bertz CT molecular complexity index is 997. The molecule has 0 amide bonds. The van der Waals surface area contributed by atoms with E-state index in [1.54, 1.807) is 0 Å². The van der Waals surface area contributed by atoms with Crippen molar-refractivity contribution in [3.8, 4) is 11.1 Å². The van der Waals surface area contributed by atoms with Crippen molar-refractivity contribution in [3.63, 3.8) is 0 Å². The lowest BCUT2D eigenvalue weighted by Crippen LogP contribution is -2.33. The highest BCUT2D eigenvalue weighted by atomic mass is 19.4. The van der Waals surface area contributed by atoms with Crippen LogP contribution in [0.3, 0.4) is 0 Å². The summed E-state index contributed by atoms with van der Waals surface area (Å²) in [6.45, 7) is 5.80. The molecule has 9 heteroatoms. The highest BCUT2D eigenvalue weighted by Gasteiger charge is 2.38. The molecule has 3 aromatic rings. The maximum Gasteiger partial charge on any atom is 0.490 e. The van der Waals surface area contributed by atoms with Gasteiger partial charge in [-0.25, -0.2) is 14.3 Å². The average Bonchev–Trinajstić information content (AvgIpc) is 3.18. The molecule has 4 rings (SSSR count). The van der Waals surface area contributed by atoms with Gasteiger partial charge in [-0.2, -0.15) is 18.3 Å². The van der Waals surface area contributed by atoms with Gasteiger partial charge in [-0.05, 0) is 56.6 Å². The number of likely N-dealkylation sites (tertiary alicyclic amines) is 1. The highest BCUT2D eigenvalue weighted by molar-refractivity contribution is 5.73. The highest BCUT2D eigenvalue weighted by Crippen LogP contribution is 2.27. The number of carbonyl (C=O) groups is 1. The van der Waals surface area contributed by atoms with Crippen LogP contribution >= 0.6 is 0 Å². The summed E-state index contributed by atoms with van der Waals surface area (Å²) < 4.78 is 33.7. The molecule has 0 aliphatic carbocycles. The fraction of sp³-hybridized carbons (Fsp3) is 0.409. The molecular formula is C22H25F3N4O2. The number of carboxylic acids is 1. The number of alkyl halides is 3. The predicted octanol–water partition coefficient (Wildman–Crippen LogP) is 4.62. The van der Waals surface area contributed by atoms with Gasteiger partial charge in [0.15, 0.2) is 11.5 Å². The van der Waals surface area contributed by atoms with Crippen LogP contribution in [0.15, 0.2) is 48.7 Å². The Morgan fingerprint density at radius 3 is 2.32 bits per heavy atom. The maximum absolute atomic E-state index is 10.6. The van der Waals surface area contributed by atoms with Crippen molar-refractivity contribution in [2.75, 3.05) is 19.6 Å². The first-order valence-corrected chi connectivity index (χ1v) is 10.2. The third-order valence-corrected chi connectivity index (χ3v) is 5.19. The third kappa shape index (κ3) is 6.04. The van der Waals surface area contributed by atoms with Crippen molar-refractivity contribution in [2.24, 2.45) is 0 Å². The standard InChI is InChI=1S/C20H24N4.C2HF3O2/c1-2-12-23-13-10-17(11-14-23)20-21-19-9-8-18(15-24(19)22-20)16-6-4-3-5-7-16;3-2(4,5)1(6)7/h3-9,15,17H,2,10-14H2,1H3;(H,6,7). The van der Waals surface area contributed by atoms with Crippen LogP contribution in [-0.2, 0) is 4.79 Å². The summed E-state index contributed by atoms with van der Waals surface area (Å²) >= 11 is 0. The lowest BCUT2D eigenvalue weighted by molar-refractivity contribution is -0.192. The molecule has 1 saturated heterocycles. The first-order chi connectivity index (χ1) is 14.8. The Morgan fingerprint density at radius 1 is 1.10 bits per heavy atom. The molecule has 1 N–H and O–H groups in total. The average molecular weight is 434 g/mol. The van der Waals surface area contributed by atoms with Crippen molar-refractivity contribution < 1.29 is 23.1 Å². The summed E-state index contributed by atoms with van der Waals surface area (Å²) in [5.74, 6) is -1.25. The Kier molecular flexibility index (Phi) is 7.27. The van der Waals surface area contributed by atoms with E-state index in [-0.39, 0.29) is 0 Å². The molecule has 1 fully saturated rings. The Morgan fingerprint density at radius 2 is 1.74 bits per heavy atom. The number of rotatable bonds is 4. The van der Waals surface area contributed by atoms with Gasteiger partial charge in [0.2, 0.25) is 0 Å². The number of hydrogen-bond donors (Lipinski definition) is 1. The number of fused-ring (bicyclic) bond motifs is 1. The minimum Gasteiger partial charge on any atom is -0.475 e. The lowest BCUT2D eigenvalue weighted by atomic mass is 9.96. The molecule has 2 aromatic heterocycles. The molecule has 166 valence electrons. The number of nitrogens with zero attached hydrogens (tertiary/aromatic N) is 4. The van der Waals surface area contributed by atoms with Crippen LogP contribution in [0.2, 0.25) is 0 Å². The van der Waals surface area contributed by atoms with E-state index in [4.69, 9.17) is 20.0 Å². The Hall–Kier alpha value is -2.94. The number of pyridine rings is 1. The van der Waals surface area contributed by atoms with Gasteiger partial charge in [0, 0.05) is 17.7 Å². The van der Waals surface area contributed by atoms with Crippen LogP contribution in [0.5, 0.6) is 0 Å². The number of halogens is 3. The number of aliphatic carboxylic acids is 1. The molecule has 0 radical (unpaired) electrons. The van der Waals surface area contributed by atoms with Gasteiger partial charge < -0.3 is 10.0 Å². The minimum absolute atomic E-state index is 0.498. The normalized spacial score (nSPS) is 15.5. The van der Waals surface area contributed by atoms with Gasteiger partial charge in [0.05, 0.1) is 0 Å². The van der Waals surface area contributed by atoms with Crippen LogP contribution in [0.4, 0.5) is 13.2 Å². The van der Waals surface area contributed by atoms with E-state index in [0.29, 0.717) is 5.92 Å². The van der Waals surface area contributed by atoms with E-state index >= 15 is 0 Å². The van der Waals surface area contributed by atoms with Crippen molar-refractivity contribution >= 4 is 11.6 Å². The molecule has 6 nitrogen and oxygen atoms in total. The molecule has 0 unspecified atom stereocenters. The van der Waals surface area contributed by atoms with Crippen molar-refractivity contribution in [1.82, 2.24) is 19.5 Å². The van der Waals surface area contributed by atoms with Crippen LogP contribution < -0.4 is 0 Å². The van der Waals surface area contributed by atoms with Crippen LogP contribution in [0.25, 0.3) is 16.8 Å². The lowest BCUT2D eigenvalue weighted by Gasteiger charge is -2.30. The van der Waals surface area contributed by atoms with Gasteiger partial charge in [-0.1, -0.05) is 37.3 Å². The summed E-state index contributed by atoms with van der Waals surface area (Å²) in [6.07, 6.45) is 0.581. The van der Waals surface area contributed by atoms with E-state index in [0.717, 1.165) is 11.5 Å². The second-order valence-corrected chi connectivity index (χ2v) is 7.48. The van der Waals surface area contributed by atoms with Gasteiger partial charge in [0.1, 0.15) is 0 Å². The summed E-state index contributed by atoms with van der Waals surface area (Å²) in [4.78, 5) is 16.2. The molecular weight excluding hydrogens is 409 g/mol. The Labute approximate surface area is 178 Å². The zero-order valence-electron chi connectivity index (χ0n) is 17.2. The van der Waals surface area contributed by atoms with Gasteiger partial charge in [-0.3, -0.25) is 0 Å². The molecule has 0 bridgehead atoms. The van der Waals surface area contributed by atoms with Crippen LogP contribution in [0.1, 0.15) is 37.9 Å². The first kappa shape index (κ1) is 22.7. The molecule has 31 heavy (non-hydrogen) atoms. The van der Waals surface area contributed by atoms with Gasteiger partial charge >= 0.3 is 12.1 Å². The predicted molar refractivity (Wildman–Crippen MR) is 111 cm³/mol. The second kappa shape index (κ2) is 9.91. The number of hydrogen-bond acceptors (Lipinski definition) is 4. The maximum atomic E-state index is 10.6. The molecule has 0 atom stereocenters. The number of carboxylic acid groups (broad SMARTS) is 1. The number of aromatic nitrogens is 3. The smallest absolute Gasteiger partial charge is 0.475 e. The van der Waals surface area contributed by atoms with Crippen LogP contribution in [0, 0.1) is 0 Å². The minimum atomic E-state index is -5.08. The summed E-state index contributed by atoms with van der Waals surface area (Å²) in [5.41, 5.74) is 3.34. The van der Waals surface area contributed by atoms with E-state index in [2.05, 4.69) is 54.4 Å². The molecule has 0 spiro atoms. The largest absolute Gasteiger partial charge is 0.490 e. The molecule has 0 saturated carbocycles. The van der Waals surface area contributed by atoms with E-state index < -0.39 is 12.1 Å². The van der Waals surface area contributed by atoms with Crippen molar-refractivity contribution in [2.45, 2.75) is 38.3 Å². The number of benzene rings is 1. The van der Waals surface area contributed by atoms with Crippen LogP contribution in [-0.4, -0.2) is 56.4 Å². The fourth-order valence-corrected chi connectivity index (χ4v) is 3.61. The quantitative estimate of drug-likeness (QED) is 0.649. The molecule has 1 aliphatic rings. The van der Waals surface area contributed by atoms with Gasteiger partial charge in [-0.15, -0.1) is 0 Å². The SMILES string of the molecule is CCCN1CCC(c2nc3ccc(-c4ccccc4)cn3n2)CC1.O=C(O)C(F)(F)F. The first-order valence-electron chi connectivity index (χ1n) is 10.2. The number of piperidine rings is 1. The topological polar surface area (TPSA) is 70.7 Å². The van der Waals surface area contributed by atoms with Crippen molar-refractivity contribution in [3.05, 3.63) is 54.5 Å². The second-order valence-electron chi connectivity index (χ2n) is 7.48. The molecule has 1 aromatic carbocycles. The monoisotopic (exact) mass is 434 g/mol. The molecule has 3 heterocycles. The molecule has 1 aliphatic heterocycles. The summed E-state index contributed by atoms with van der Waals surface area (Å²) in [6, 6.07) is 14.6. The zero-order chi connectivity index (χ0) is 22.4. The van der Waals surface area contributed by atoms with E-state index in [1.807, 2.05) is 10.6 Å². The Balaban J connectivity index is 0.000000339. The van der Waals surface area contributed by atoms with E-state index in [1.165, 1.54) is 50.0 Å². The van der Waals surface area contributed by atoms with E-state index in [9.17, 15) is 13.2 Å². The van der Waals surface area contributed by atoms with Gasteiger partial charge in [0.25, 0.3) is 0 Å². The zero-order valence-corrected chi connectivity index (χ0v) is 17.2. The summed E-state index contributed by atoms with van der Waals surface area (Å²) in [7, 11) is 0. The fourth-order valence-electron chi connectivity index (χ4n) is 3.61. The van der Waals surface area contributed by atoms with Crippen molar-refractivity contribution in [1.29, 1.82) is 0 Å².